The Bertz CT molecular complexity index is 1270. The van der Waals surface area contributed by atoms with Crippen molar-refractivity contribution in [2.24, 2.45) is 0 Å². The SMILES string of the molecule is O=c1[nH]ncc(N2CCc3c(ncnc3/C(F)=C\c3ccc(F)cc3C(F)(F)F)C2)c1Cl. The topological polar surface area (TPSA) is 74.8 Å². The molecule has 1 N–H and O–H groups in total. The summed E-state index contributed by atoms with van der Waals surface area (Å²) in [5.74, 6) is -2.09. The lowest BCUT2D eigenvalue weighted by Crippen LogP contribution is -2.33. The number of nitrogens with zero attached hydrogens (tertiary/aromatic N) is 4. The second-order valence-electron chi connectivity index (χ2n) is 6.94. The molecule has 0 bridgehead atoms. The van der Waals surface area contributed by atoms with Gasteiger partial charge in [-0.15, -0.1) is 0 Å². The van der Waals surface area contributed by atoms with Gasteiger partial charge in [0, 0.05) is 12.1 Å². The number of aromatic amines is 1. The zero-order valence-corrected chi connectivity index (χ0v) is 16.8. The minimum atomic E-state index is -4.86. The Kier molecular flexibility index (Phi) is 5.68. The van der Waals surface area contributed by atoms with Crippen molar-refractivity contribution in [3.63, 3.8) is 0 Å². The van der Waals surface area contributed by atoms with E-state index in [1.54, 1.807) is 4.90 Å². The first-order valence-electron chi connectivity index (χ1n) is 9.20. The van der Waals surface area contributed by atoms with Gasteiger partial charge in [-0.2, -0.15) is 18.3 Å². The van der Waals surface area contributed by atoms with Crippen LogP contribution in [0.1, 0.15) is 28.1 Å². The molecule has 1 aliphatic rings. The van der Waals surface area contributed by atoms with Crippen LogP contribution in [0, 0.1) is 5.82 Å². The van der Waals surface area contributed by atoms with Crippen LogP contribution in [0.15, 0.2) is 35.5 Å². The number of alkyl halides is 3. The summed E-state index contributed by atoms with van der Waals surface area (Å²) in [5, 5.41) is 5.88. The van der Waals surface area contributed by atoms with Gasteiger partial charge in [-0.1, -0.05) is 17.7 Å². The third-order valence-electron chi connectivity index (χ3n) is 4.95. The Morgan fingerprint density at radius 1 is 1.25 bits per heavy atom. The first kappa shape index (κ1) is 21.9. The van der Waals surface area contributed by atoms with Gasteiger partial charge in [0.1, 0.15) is 28.7 Å². The zero-order valence-electron chi connectivity index (χ0n) is 16.1. The maximum Gasteiger partial charge on any atom is 0.417 e. The monoisotopic (exact) mass is 469 g/mol. The summed E-state index contributed by atoms with van der Waals surface area (Å²) < 4.78 is 68.0. The number of fused-ring (bicyclic) bond motifs is 1. The molecule has 2 aromatic heterocycles. The molecule has 0 fully saturated rings. The predicted octanol–water partition coefficient (Wildman–Crippen LogP) is 4.40. The van der Waals surface area contributed by atoms with Crippen LogP contribution >= 0.6 is 11.6 Å². The van der Waals surface area contributed by atoms with Crippen LogP contribution in [0.5, 0.6) is 0 Å². The first-order valence-corrected chi connectivity index (χ1v) is 9.58. The van der Waals surface area contributed by atoms with E-state index in [0.717, 1.165) is 18.5 Å². The van der Waals surface area contributed by atoms with E-state index in [-0.39, 0.29) is 23.7 Å². The highest BCUT2D eigenvalue weighted by Gasteiger charge is 2.34. The molecule has 3 aromatic rings. The first-order chi connectivity index (χ1) is 15.1. The third-order valence-corrected chi connectivity index (χ3v) is 5.32. The van der Waals surface area contributed by atoms with Gasteiger partial charge < -0.3 is 4.90 Å². The Morgan fingerprint density at radius 3 is 2.78 bits per heavy atom. The highest BCUT2D eigenvalue weighted by Crippen LogP contribution is 2.35. The molecule has 0 atom stereocenters. The van der Waals surface area contributed by atoms with Crippen LogP contribution in [-0.4, -0.2) is 26.7 Å². The Labute approximate surface area is 182 Å². The second kappa shape index (κ2) is 8.30. The second-order valence-corrected chi connectivity index (χ2v) is 7.32. The summed E-state index contributed by atoms with van der Waals surface area (Å²) in [5.41, 5.74) is -1.31. The lowest BCUT2D eigenvalue weighted by molar-refractivity contribution is -0.137. The minimum absolute atomic E-state index is 0.0557. The number of nitrogens with one attached hydrogen (secondary N) is 1. The molecule has 166 valence electrons. The van der Waals surface area contributed by atoms with Gasteiger partial charge in [-0.3, -0.25) is 4.79 Å². The number of rotatable bonds is 3. The fraction of sp³-hybridized carbons (Fsp3) is 0.200. The van der Waals surface area contributed by atoms with E-state index in [1.165, 1.54) is 6.20 Å². The van der Waals surface area contributed by atoms with Crippen LogP contribution in [0.25, 0.3) is 11.9 Å². The molecule has 0 saturated heterocycles. The van der Waals surface area contributed by atoms with E-state index in [1.807, 2.05) is 0 Å². The molecule has 0 saturated carbocycles. The normalized spacial score (nSPS) is 14.4. The number of hydrogen-bond acceptors (Lipinski definition) is 5. The van der Waals surface area contributed by atoms with Crippen LogP contribution in [0.3, 0.4) is 0 Å². The van der Waals surface area contributed by atoms with Crippen molar-refractivity contribution in [1.82, 2.24) is 20.2 Å². The predicted molar refractivity (Wildman–Crippen MR) is 107 cm³/mol. The summed E-state index contributed by atoms with van der Waals surface area (Å²) in [6, 6.07) is 1.99. The molecule has 12 heteroatoms. The van der Waals surface area contributed by atoms with E-state index < -0.39 is 34.5 Å². The molecule has 1 aliphatic heterocycles. The van der Waals surface area contributed by atoms with Gasteiger partial charge >= 0.3 is 6.18 Å². The molecule has 0 spiro atoms. The maximum absolute atomic E-state index is 15.0. The number of anilines is 1. The van der Waals surface area contributed by atoms with E-state index >= 15 is 4.39 Å². The standard InChI is InChI=1S/C20H13ClF5N5O/c21-17-16(7-29-30-19(17)32)31-4-3-12-15(8-31)27-9-28-18(12)14(23)5-10-1-2-11(22)6-13(10)20(24,25)26/h1-2,5-7,9H,3-4,8H2,(H,30,32)/b14-5+. The summed E-state index contributed by atoms with van der Waals surface area (Å²) >= 11 is 6.04. The summed E-state index contributed by atoms with van der Waals surface area (Å²) in [4.78, 5) is 21.5. The van der Waals surface area contributed by atoms with Crippen LogP contribution in [0.4, 0.5) is 27.6 Å². The number of hydrogen-bond donors (Lipinski definition) is 1. The van der Waals surface area contributed by atoms with Gasteiger partial charge in [-0.25, -0.2) is 23.8 Å². The molecule has 0 aliphatic carbocycles. The van der Waals surface area contributed by atoms with Crippen molar-refractivity contribution < 1.29 is 22.0 Å². The Morgan fingerprint density at radius 2 is 2.03 bits per heavy atom. The molecule has 1 aromatic carbocycles. The van der Waals surface area contributed by atoms with Crippen LogP contribution in [-0.2, 0) is 19.1 Å². The molecule has 0 radical (unpaired) electrons. The summed E-state index contributed by atoms with van der Waals surface area (Å²) in [6.45, 7) is 0.475. The van der Waals surface area contributed by atoms with Crippen molar-refractivity contribution in [1.29, 1.82) is 0 Å². The highest BCUT2D eigenvalue weighted by atomic mass is 35.5. The number of halogens is 6. The van der Waals surface area contributed by atoms with Gasteiger partial charge in [0.15, 0.2) is 0 Å². The lowest BCUT2D eigenvalue weighted by atomic mass is 10.00. The van der Waals surface area contributed by atoms with Crippen molar-refractivity contribution in [3.8, 4) is 0 Å². The maximum atomic E-state index is 15.0. The van der Waals surface area contributed by atoms with Gasteiger partial charge in [0.05, 0.1) is 29.7 Å². The molecular weight excluding hydrogens is 457 g/mol. The minimum Gasteiger partial charge on any atom is -0.363 e. The average molecular weight is 470 g/mol. The van der Waals surface area contributed by atoms with Crippen LogP contribution in [0.2, 0.25) is 5.02 Å². The Hall–Kier alpha value is -3.34. The molecule has 0 unspecified atom stereocenters. The summed E-state index contributed by atoms with van der Waals surface area (Å²) in [7, 11) is 0. The van der Waals surface area contributed by atoms with Gasteiger partial charge in [-0.05, 0) is 30.2 Å². The third kappa shape index (κ3) is 4.20. The lowest BCUT2D eigenvalue weighted by Gasteiger charge is -2.30. The number of aromatic nitrogens is 4. The highest BCUT2D eigenvalue weighted by molar-refractivity contribution is 6.33. The van der Waals surface area contributed by atoms with E-state index in [0.29, 0.717) is 35.6 Å². The molecule has 0 amide bonds. The molecule has 4 rings (SSSR count). The molecule has 3 heterocycles. The summed E-state index contributed by atoms with van der Waals surface area (Å²) in [6.07, 6.45) is -1.47. The van der Waals surface area contributed by atoms with Gasteiger partial charge in [0.25, 0.3) is 5.56 Å². The molecule has 6 nitrogen and oxygen atoms in total. The Balaban J connectivity index is 1.70. The average Bonchev–Trinajstić information content (AvgIpc) is 2.75. The van der Waals surface area contributed by atoms with Crippen molar-refractivity contribution in [2.75, 3.05) is 11.4 Å². The van der Waals surface area contributed by atoms with E-state index in [9.17, 15) is 22.4 Å². The number of benzene rings is 1. The van der Waals surface area contributed by atoms with E-state index in [4.69, 9.17) is 11.6 Å². The fourth-order valence-corrected chi connectivity index (χ4v) is 3.68. The largest absolute Gasteiger partial charge is 0.417 e. The fourth-order valence-electron chi connectivity index (χ4n) is 3.47. The van der Waals surface area contributed by atoms with Crippen molar-refractivity contribution >= 4 is 29.2 Å². The van der Waals surface area contributed by atoms with Crippen molar-refractivity contribution in [2.45, 2.75) is 19.1 Å². The molecule has 32 heavy (non-hydrogen) atoms. The molecular formula is C20H13ClF5N5O. The smallest absolute Gasteiger partial charge is 0.363 e. The van der Waals surface area contributed by atoms with E-state index in [2.05, 4.69) is 20.2 Å². The van der Waals surface area contributed by atoms with Gasteiger partial charge in [0.2, 0.25) is 0 Å². The van der Waals surface area contributed by atoms with Crippen molar-refractivity contribution in [3.05, 3.63) is 80.0 Å². The zero-order chi connectivity index (χ0) is 23.0. The quantitative estimate of drug-likeness (QED) is 0.575. The van der Waals surface area contributed by atoms with Crippen LogP contribution < -0.4 is 10.5 Å². The number of H-pyrrole nitrogens is 1.